The Morgan fingerprint density at radius 1 is 1.53 bits per heavy atom. The van der Waals surface area contributed by atoms with Gasteiger partial charge in [0.2, 0.25) is 0 Å². The van der Waals surface area contributed by atoms with Crippen molar-refractivity contribution in [1.29, 1.82) is 0 Å². The highest BCUT2D eigenvalue weighted by Gasteiger charge is 2.33. The highest BCUT2D eigenvalue weighted by Crippen LogP contribution is 2.20. The van der Waals surface area contributed by atoms with Gasteiger partial charge in [-0.1, -0.05) is 0 Å². The maximum Gasteiger partial charge on any atom is 0.147 e. The van der Waals surface area contributed by atoms with E-state index in [0.717, 1.165) is 32.1 Å². The van der Waals surface area contributed by atoms with E-state index in [2.05, 4.69) is 26.6 Å². The lowest BCUT2D eigenvalue weighted by Gasteiger charge is -2.42. The van der Waals surface area contributed by atoms with Crippen LogP contribution in [0.1, 0.15) is 19.7 Å². The average Bonchev–Trinajstić information content (AvgIpc) is 2.83. The van der Waals surface area contributed by atoms with E-state index >= 15 is 0 Å². The molecule has 96 valence electrons. The van der Waals surface area contributed by atoms with Gasteiger partial charge in [0, 0.05) is 26.2 Å². The number of nitrogens with zero attached hydrogens (tertiary/aromatic N) is 4. The fourth-order valence-corrected chi connectivity index (χ4v) is 2.13. The second kappa shape index (κ2) is 5.12. The second-order valence-electron chi connectivity index (χ2n) is 4.70. The first-order valence-electron chi connectivity index (χ1n) is 6.09. The summed E-state index contributed by atoms with van der Waals surface area (Å²) in [5, 5.41) is 8.06. The maximum atomic E-state index is 5.91. The predicted molar refractivity (Wildman–Crippen MR) is 64.4 cm³/mol. The summed E-state index contributed by atoms with van der Waals surface area (Å²) >= 11 is 0. The van der Waals surface area contributed by atoms with Gasteiger partial charge in [-0.2, -0.15) is 0 Å². The first-order valence-corrected chi connectivity index (χ1v) is 6.09. The number of ether oxygens (including phenoxy) is 1. The van der Waals surface area contributed by atoms with Crippen LogP contribution in [0.2, 0.25) is 0 Å². The lowest BCUT2D eigenvalue weighted by atomic mass is 10.0. The van der Waals surface area contributed by atoms with Gasteiger partial charge in [-0.25, -0.2) is 0 Å². The maximum absolute atomic E-state index is 5.91. The van der Waals surface area contributed by atoms with E-state index in [1.54, 1.807) is 6.33 Å². The molecule has 2 N–H and O–H groups in total. The Labute approximate surface area is 102 Å². The van der Waals surface area contributed by atoms with Crippen molar-refractivity contribution in [1.82, 2.24) is 19.7 Å². The molecule has 17 heavy (non-hydrogen) atoms. The topological polar surface area (TPSA) is 69.2 Å². The molecule has 6 nitrogen and oxygen atoms in total. The van der Waals surface area contributed by atoms with Gasteiger partial charge in [-0.15, -0.1) is 10.2 Å². The molecule has 0 aromatic carbocycles. The number of hydrogen-bond donors (Lipinski definition) is 1. The average molecular weight is 239 g/mol. The van der Waals surface area contributed by atoms with Crippen LogP contribution >= 0.6 is 0 Å². The third-order valence-electron chi connectivity index (χ3n) is 3.46. The summed E-state index contributed by atoms with van der Waals surface area (Å²) in [6, 6.07) is 0. The zero-order chi connectivity index (χ0) is 12.3. The number of hydrogen-bond acceptors (Lipinski definition) is 5. The van der Waals surface area contributed by atoms with Crippen LogP contribution in [0.15, 0.2) is 6.33 Å². The van der Waals surface area contributed by atoms with E-state index in [1.165, 1.54) is 0 Å². The summed E-state index contributed by atoms with van der Waals surface area (Å²) in [5.74, 6) is 1.01. The van der Waals surface area contributed by atoms with Gasteiger partial charge in [0.15, 0.2) is 0 Å². The molecule has 2 heterocycles. The Kier molecular flexibility index (Phi) is 3.76. The molecule has 6 heteroatoms. The van der Waals surface area contributed by atoms with Crippen LogP contribution in [0.3, 0.4) is 0 Å². The molecule has 2 rings (SSSR count). The van der Waals surface area contributed by atoms with Gasteiger partial charge in [-0.3, -0.25) is 4.90 Å². The van der Waals surface area contributed by atoms with Gasteiger partial charge in [0.05, 0.1) is 18.7 Å². The van der Waals surface area contributed by atoms with Crippen LogP contribution < -0.4 is 5.73 Å². The summed E-state index contributed by atoms with van der Waals surface area (Å²) in [6.07, 6.45) is 1.79. The fourth-order valence-electron chi connectivity index (χ4n) is 2.13. The molecule has 0 saturated carbocycles. The molecule has 0 saturated heterocycles. The van der Waals surface area contributed by atoms with Gasteiger partial charge < -0.3 is 15.0 Å². The minimum atomic E-state index is -0.118. The van der Waals surface area contributed by atoms with Crippen LogP contribution in [0.4, 0.5) is 0 Å². The van der Waals surface area contributed by atoms with E-state index in [0.29, 0.717) is 13.2 Å². The Hall–Kier alpha value is -0.980. The van der Waals surface area contributed by atoms with Gasteiger partial charge in [0.25, 0.3) is 0 Å². The molecule has 1 unspecified atom stereocenters. The van der Waals surface area contributed by atoms with E-state index in [4.69, 9.17) is 10.5 Å². The smallest absolute Gasteiger partial charge is 0.147 e. The molecule has 1 atom stereocenters. The second-order valence-corrected chi connectivity index (χ2v) is 4.70. The van der Waals surface area contributed by atoms with Crippen molar-refractivity contribution in [2.75, 3.05) is 26.3 Å². The molecular formula is C11H21N5O. The molecule has 0 amide bonds. The number of nitrogens with two attached hydrogens (primary N) is 1. The predicted octanol–water partition coefficient (Wildman–Crippen LogP) is -0.152. The first kappa shape index (κ1) is 12.5. The minimum Gasteiger partial charge on any atom is -0.380 e. The largest absolute Gasteiger partial charge is 0.380 e. The zero-order valence-electron chi connectivity index (χ0n) is 10.6. The Balaban J connectivity index is 2.07. The molecule has 0 aliphatic carbocycles. The summed E-state index contributed by atoms with van der Waals surface area (Å²) in [7, 11) is 0. The first-order chi connectivity index (χ1) is 8.19. The normalized spacial score (nSPS) is 19.9. The van der Waals surface area contributed by atoms with Crippen LogP contribution in [0.5, 0.6) is 0 Å². The zero-order valence-corrected chi connectivity index (χ0v) is 10.6. The third-order valence-corrected chi connectivity index (χ3v) is 3.46. The van der Waals surface area contributed by atoms with Crippen molar-refractivity contribution < 1.29 is 4.74 Å². The summed E-state index contributed by atoms with van der Waals surface area (Å²) in [4.78, 5) is 2.34. The lowest BCUT2D eigenvalue weighted by molar-refractivity contribution is -0.00450. The Morgan fingerprint density at radius 2 is 2.35 bits per heavy atom. The SMILES string of the molecule is CCOCC(C)(CN)N1CCn2cnnc2C1. The molecule has 1 aromatic rings. The van der Waals surface area contributed by atoms with Gasteiger partial charge in [-0.05, 0) is 13.8 Å². The van der Waals surface area contributed by atoms with Gasteiger partial charge in [0.1, 0.15) is 12.2 Å². The molecule has 1 aliphatic heterocycles. The lowest BCUT2D eigenvalue weighted by Crippen LogP contribution is -2.56. The van der Waals surface area contributed by atoms with Crippen molar-refractivity contribution in [3.05, 3.63) is 12.2 Å². The molecule has 0 bridgehead atoms. The van der Waals surface area contributed by atoms with Crippen LogP contribution in [0.25, 0.3) is 0 Å². The minimum absolute atomic E-state index is 0.118. The van der Waals surface area contributed by atoms with Gasteiger partial charge >= 0.3 is 0 Å². The quantitative estimate of drug-likeness (QED) is 0.773. The van der Waals surface area contributed by atoms with Crippen LogP contribution in [-0.2, 0) is 17.8 Å². The van der Waals surface area contributed by atoms with Crippen molar-refractivity contribution >= 4 is 0 Å². The standard InChI is InChI=1S/C11H21N5O/c1-3-17-8-11(2,7-12)16-5-4-15-9-13-14-10(15)6-16/h9H,3-8,12H2,1-2H3. The van der Waals surface area contributed by atoms with Crippen LogP contribution in [0, 0.1) is 0 Å². The molecular weight excluding hydrogens is 218 g/mol. The molecule has 1 aliphatic rings. The molecule has 0 spiro atoms. The summed E-state index contributed by atoms with van der Waals surface area (Å²) in [6.45, 7) is 8.80. The van der Waals surface area contributed by atoms with Crippen molar-refractivity contribution in [2.45, 2.75) is 32.5 Å². The molecule has 0 fully saturated rings. The Morgan fingerprint density at radius 3 is 3.06 bits per heavy atom. The summed E-state index contributed by atoms with van der Waals surface area (Å²) in [5.41, 5.74) is 5.79. The monoisotopic (exact) mass is 239 g/mol. The highest BCUT2D eigenvalue weighted by molar-refractivity contribution is 4.96. The molecule has 1 aromatic heterocycles. The molecule has 0 radical (unpaired) electrons. The third kappa shape index (κ3) is 2.48. The Bertz CT molecular complexity index is 366. The number of aromatic nitrogens is 3. The van der Waals surface area contributed by atoms with E-state index in [1.807, 2.05) is 6.92 Å². The van der Waals surface area contributed by atoms with Crippen molar-refractivity contribution in [2.24, 2.45) is 5.73 Å². The van der Waals surface area contributed by atoms with E-state index < -0.39 is 0 Å². The van der Waals surface area contributed by atoms with E-state index in [-0.39, 0.29) is 5.54 Å². The van der Waals surface area contributed by atoms with Crippen LogP contribution in [-0.4, -0.2) is 51.5 Å². The summed E-state index contributed by atoms with van der Waals surface area (Å²) < 4.78 is 7.64. The number of rotatable bonds is 5. The van der Waals surface area contributed by atoms with Crippen molar-refractivity contribution in [3.63, 3.8) is 0 Å². The highest BCUT2D eigenvalue weighted by atomic mass is 16.5. The number of fused-ring (bicyclic) bond motifs is 1. The van der Waals surface area contributed by atoms with Crippen molar-refractivity contribution in [3.8, 4) is 0 Å². The fraction of sp³-hybridized carbons (Fsp3) is 0.818. The van der Waals surface area contributed by atoms with E-state index in [9.17, 15) is 0 Å².